The van der Waals surface area contributed by atoms with Crippen molar-refractivity contribution in [2.75, 3.05) is 13.1 Å². The molecule has 5 heteroatoms. The van der Waals surface area contributed by atoms with Gasteiger partial charge in [0.05, 0.1) is 5.60 Å². The van der Waals surface area contributed by atoms with Crippen molar-refractivity contribution >= 4 is 6.09 Å². The molecular weight excluding hydrogens is 297 g/mol. The standard InChI is InChI=1S/C18H26FNO3/c1-17(2,3)23-16(21)20-11-5-6-14(12-20)18(4,22)13-7-9-15(19)10-8-13/h7-10,14,22H,5-6,11-12H2,1-4H3. The molecule has 1 amide bonds. The zero-order valence-electron chi connectivity index (χ0n) is 14.3. The predicted molar refractivity (Wildman–Crippen MR) is 86.5 cm³/mol. The molecule has 2 atom stereocenters. The molecule has 4 nitrogen and oxygen atoms in total. The van der Waals surface area contributed by atoms with Crippen molar-refractivity contribution in [3.05, 3.63) is 35.6 Å². The summed E-state index contributed by atoms with van der Waals surface area (Å²) in [6.45, 7) is 8.29. The molecule has 1 saturated heterocycles. The molecular formula is C18H26FNO3. The minimum atomic E-state index is -1.12. The van der Waals surface area contributed by atoms with Crippen molar-refractivity contribution in [2.45, 2.75) is 51.7 Å². The number of likely N-dealkylation sites (tertiary alicyclic amines) is 1. The monoisotopic (exact) mass is 323 g/mol. The fraction of sp³-hybridized carbons (Fsp3) is 0.611. The summed E-state index contributed by atoms with van der Waals surface area (Å²) in [5.74, 6) is -0.446. The third-order valence-corrected chi connectivity index (χ3v) is 4.30. The second kappa shape index (κ2) is 6.48. The second-order valence-corrected chi connectivity index (χ2v) is 7.42. The molecule has 0 radical (unpaired) electrons. The van der Waals surface area contributed by atoms with Crippen LogP contribution in [0.3, 0.4) is 0 Å². The maximum Gasteiger partial charge on any atom is 0.410 e. The molecule has 1 aliphatic heterocycles. The minimum absolute atomic E-state index is 0.116. The molecule has 1 aromatic rings. The lowest BCUT2D eigenvalue weighted by Gasteiger charge is -2.41. The first-order chi connectivity index (χ1) is 10.6. The summed E-state index contributed by atoms with van der Waals surface area (Å²) in [4.78, 5) is 13.9. The van der Waals surface area contributed by atoms with Crippen LogP contribution < -0.4 is 0 Å². The topological polar surface area (TPSA) is 49.8 Å². The summed E-state index contributed by atoms with van der Waals surface area (Å²) >= 11 is 0. The highest BCUT2D eigenvalue weighted by Crippen LogP contribution is 2.35. The zero-order valence-corrected chi connectivity index (χ0v) is 14.3. The Hall–Kier alpha value is -1.62. The quantitative estimate of drug-likeness (QED) is 0.903. The fourth-order valence-corrected chi connectivity index (χ4v) is 2.95. The Morgan fingerprint density at radius 2 is 1.87 bits per heavy atom. The summed E-state index contributed by atoms with van der Waals surface area (Å²) in [5.41, 5.74) is -0.993. The highest BCUT2D eigenvalue weighted by atomic mass is 19.1. The molecule has 1 fully saturated rings. The van der Waals surface area contributed by atoms with Crippen LogP contribution in [0, 0.1) is 11.7 Å². The number of benzene rings is 1. The number of halogens is 1. The van der Waals surface area contributed by atoms with Crippen LogP contribution in [-0.4, -0.2) is 34.8 Å². The van der Waals surface area contributed by atoms with Gasteiger partial charge in [-0.15, -0.1) is 0 Å². The Morgan fingerprint density at radius 1 is 1.26 bits per heavy atom. The van der Waals surface area contributed by atoms with Gasteiger partial charge in [0.1, 0.15) is 11.4 Å². The number of amides is 1. The summed E-state index contributed by atoms with van der Waals surface area (Å²) in [7, 11) is 0. The molecule has 0 spiro atoms. The van der Waals surface area contributed by atoms with Crippen molar-refractivity contribution in [1.82, 2.24) is 4.90 Å². The molecule has 1 aromatic carbocycles. The first-order valence-corrected chi connectivity index (χ1v) is 8.06. The van der Waals surface area contributed by atoms with Gasteiger partial charge in [-0.25, -0.2) is 9.18 Å². The lowest BCUT2D eigenvalue weighted by atomic mass is 9.78. The van der Waals surface area contributed by atoms with Gasteiger partial charge in [-0.1, -0.05) is 12.1 Å². The first kappa shape index (κ1) is 17.7. The van der Waals surface area contributed by atoms with E-state index in [1.165, 1.54) is 12.1 Å². The predicted octanol–water partition coefficient (Wildman–Crippen LogP) is 3.68. The summed E-state index contributed by atoms with van der Waals surface area (Å²) in [6.07, 6.45) is 1.27. The van der Waals surface area contributed by atoms with Gasteiger partial charge < -0.3 is 14.7 Å². The summed E-state index contributed by atoms with van der Waals surface area (Å²) < 4.78 is 18.5. The molecule has 0 bridgehead atoms. The second-order valence-electron chi connectivity index (χ2n) is 7.42. The van der Waals surface area contributed by atoms with Crippen LogP contribution in [0.2, 0.25) is 0 Å². The lowest BCUT2D eigenvalue weighted by molar-refractivity contribution is -0.0438. The van der Waals surface area contributed by atoms with Gasteiger partial charge in [-0.05, 0) is 58.2 Å². The first-order valence-electron chi connectivity index (χ1n) is 8.06. The number of piperidine rings is 1. The van der Waals surface area contributed by atoms with Crippen LogP contribution in [0.15, 0.2) is 24.3 Å². The largest absolute Gasteiger partial charge is 0.444 e. The maximum atomic E-state index is 13.1. The molecule has 23 heavy (non-hydrogen) atoms. The Morgan fingerprint density at radius 3 is 2.43 bits per heavy atom. The van der Waals surface area contributed by atoms with Crippen LogP contribution in [0.25, 0.3) is 0 Å². The van der Waals surface area contributed by atoms with E-state index in [4.69, 9.17) is 4.74 Å². The van der Waals surface area contributed by atoms with E-state index in [0.717, 1.165) is 12.8 Å². The number of rotatable bonds is 2. The van der Waals surface area contributed by atoms with Crippen molar-refractivity contribution in [3.8, 4) is 0 Å². The lowest BCUT2D eigenvalue weighted by Crippen LogP contribution is -2.48. The van der Waals surface area contributed by atoms with Crippen LogP contribution >= 0.6 is 0 Å². The summed E-state index contributed by atoms with van der Waals surface area (Å²) in [5, 5.41) is 10.9. The highest BCUT2D eigenvalue weighted by molar-refractivity contribution is 5.68. The Balaban J connectivity index is 2.10. The smallest absolute Gasteiger partial charge is 0.410 e. The number of aliphatic hydroxyl groups is 1. The molecule has 128 valence electrons. The van der Waals surface area contributed by atoms with Gasteiger partial charge in [0, 0.05) is 19.0 Å². The van der Waals surface area contributed by atoms with Crippen LogP contribution in [0.4, 0.5) is 9.18 Å². The zero-order chi connectivity index (χ0) is 17.3. The van der Waals surface area contributed by atoms with Crippen LogP contribution in [0.5, 0.6) is 0 Å². The molecule has 1 aliphatic rings. The SMILES string of the molecule is CC(C)(C)OC(=O)N1CCCC(C(C)(O)c2ccc(F)cc2)C1. The molecule has 2 unspecified atom stereocenters. The number of nitrogens with zero attached hydrogens (tertiary/aromatic N) is 1. The molecule has 0 aliphatic carbocycles. The normalized spacial score (nSPS) is 21.7. The van der Waals surface area contributed by atoms with Gasteiger partial charge >= 0.3 is 6.09 Å². The van der Waals surface area contributed by atoms with Gasteiger partial charge in [0.25, 0.3) is 0 Å². The van der Waals surface area contributed by atoms with Crippen molar-refractivity contribution in [3.63, 3.8) is 0 Å². The maximum absolute atomic E-state index is 13.1. The van der Waals surface area contributed by atoms with E-state index in [9.17, 15) is 14.3 Å². The van der Waals surface area contributed by atoms with E-state index in [2.05, 4.69) is 0 Å². The van der Waals surface area contributed by atoms with E-state index in [1.54, 1.807) is 24.0 Å². The number of ether oxygens (including phenoxy) is 1. The Kier molecular flexibility index (Phi) is 4.99. The average molecular weight is 323 g/mol. The van der Waals surface area contributed by atoms with E-state index < -0.39 is 11.2 Å². The van der Waals surface area contributed by atoms with Gasteiger partial charge in [0.2, 0.25) is 0 Å². The van der Waals surface area contributed by atoms with Gasteiger partial charge in [-0.2, -0.15) is 0 Å². The molecule has 1 N–H and O–H groups in total. The average Bonchev–Trinajstić information content (AvgIpc) is 2.46. The molecule has 1 heterocycles. The van der Waals surface area contributed by atoms with Crippen LogP contribution in [-0.2, 0) is 10.3 Å². The fourth-order valence-electron chi connectivity index (χ4n) is 2.95. The molecule has 0 saturated carbocycles. The third-order valence-electron chi connectivity index (χ3n) is 4.30. The van der Waals surface area contributed by atoms with Crippen molar-refractivity contribution in [2.24, 2.45) is 5.92 Å². The highest BCUT2D eigenvalue weighted by Gasteiger charge is 2.38. The van der Waals surface area contributed by atoms with Crippen LogP contribution in [0.1, 0.15) is 46.1 Å². The third kappa shape index (κ3) is 4.44. The van der Waals surface area contributed by atoms with Crippen molar-refractivity contribution in [1.29, 1.82) is 0 Å². The number of hydrogen-bond donors (Lipinski definition) is 1. The number of carbonyl (C=O) groups excluding carboxylic acids is 1. The number of hydrogen-bond acceptors (Lipinski definition) is 3. The Bertz CT molecular complexity index is 548. The number of carbonyl (C=O) groups is 1. The Labute approximate surface area is 137 Å². The van der Waals surface area contributed by atoms with Gasteiger partial charge in [0.15, 0.2) is 0 Å². The van der Waals surface area contributed by atoms with E-state index in [0.29, 0.717) is 18.7 Å². The van der Waals surface area contributed by atoms with E-state index >= 15 is 0 Å². The van der Waals surface area contributed by atoms with Crippen molar-refractivity contribution < 1.29 is 19.0 Å². The van der Waals surface area contributed by atoms with E-state index in [1.807, 2.05) is 20.8 Å². The van der Waals surface area contributed by atoms with Gasteiger partial charge in [-0.3, -0.25) is 0 Å². The molecule has 2 rings (SSSR count). The summed E-state index contributed by atoms with van der Waals surface area (Å²) in [6, 6.07) is 5.89. The minimum Gasteiger partial charge on any atom is -0.444 e. The van der Waals surface area contributed by atoms with E-state index in [-0.39, 0.29) is 17.8 Å². The molecule has 0 aromatic heterocycles.